The normalized spacial score (nSPS) is 11.9. The summed E-state index contributed by atoms with van der Waals surface area (Å²) in [6.45, 7) is 8.75. The second-order valence-corrected chi connectivity index (χ2v) is 15.8. The van der Waals surface area contributed by atoms with Gasteiger partial charge in [0.1, 0.15) is 0 Å². The summed E-state index contributed by atoms with van der Waals surface area (Å²) >= 11 is 0. The van der Waals surface area contributed by atoms with E-state index in [9.17, 15) is 0 Å². The van der Waals surface area contributed by atoms with Crippen LogP contribution in [0.3, 0.4) is 0 Å². The van der Waals surface area contributed by atoms with Crippen LogP contribution in [0.5, 0.6) is 11.5 Å². The zero-order valence-electron chi connectivity index (χ0n) is 33.4. The van der Waals surface area contributed by atoms with Gasteiger partial charge in [0, 0.05) is 28.1 Å². The molecule has 0 aliphatic rings. The average molecular weight is 863 g/mol. The van der Waals surface area contributed by atoms with Crippen molar-refractivity contribution in [2.75, 3.05) is 0 Å². The van der Waals surface area contributed by atoms with Crippen LogP contribution in [0.15, 0.2) is 146 Å². The molecule has 6 heteroatoms. The molecule has 8 aromatic carbocycles. The van der Waals surface area contributed by atoms with Crippen LogP contribution in [-0.4, -0.2) is 18.8 Å². The van der Waals surface area contributed by atoms with Crippen LogP contribution in [0, 0.1) is 39.8 Å². The maximum Gasteiger partial charge on any atom is 2.00 e. The van der Waals surface area contributed by atoms with Gasteiger partial charge in [0.15, 0.2) is 0 Å². The summed E-state index contributed by atoms with van der Waals surface area (Å²) in [5.74, 6) is 1.19. The van der Waals surface area contributed by atoms with Gasteiger partial charge in [0.2, 0.25) is 0 Å². The number of benzene rings is 8. The summed E-state index contributed by atoms with van der Waals surface area (Å²) in [6.07, 6.45) is 0. The van der Waals surface area contributed by atoms with Gasteiger partial charge >= 0.3 is 20.4 Å². The standard InChI is InChI=1S/C54H36N4O.Pd/c1-31-12-9-13-32(2)50(31)35-22-25-40-38-26-23-36(29-43(38)53-55-45-18-5-7-20-47(45)57(53)49(40)28-35)59-37-24-27-39-41-16-11-17-42(51-33(3)14-10-15-34(51)4)52(41)58-48-21-8-6-19-46(48)56-54(58)44(39)30-37;/h5-28H,1-4H3;/q-2;+2. The van der Waals surface area contributed by atoms with Gasteiger partial charge in [-0.05, 0) is 108 Å². The molecule has 5 nitrogen and oxygen atoms in total. The third-order valence-corrected chi connectivity index (χ3v) is 12.2. The van der Waals surface area contributed by atoms with Crippen LogP contribution in [0.2, 0.25) is 0 Å². The predicted molar refractivity (Wildman–Crippen MR) is 243 cm³/mol. The summed E-state index contributed by atoms with van der Waals surface area (Å²) in [7, 11) is 0. The van der Waals surface area contributed by atoms with Crippen molar-refractivity contribution in [1.29, 1.82) is 0 Å². The third kappa shape index (κ3) is 5.28. The van der Waals surface area contributed by atoms with E-state index in [0.717, 1.165) is 76.7 Å². The Kier molecular flexibility index (Phi) is 8.22. The quantitative estimate of drug-likeness (QED) is 0.101. The molecule has 0 unspecified atom stereocenters. The molecule has 0 fully saturated rings. The fraction of sp³-hybridized carbons (Fsp3) is 0.0741. The topological polar surface area (TPSA) is 43.8 Å². The molecule has 0 saturated carbocycles. The maximum atomic E-state index is 6.71. The van der Waals surface area contributed by atoms with Gasteiger partial charge in [0.05, 0.1) is 33.4 Å². The number of hydrogen-bond donors (Lipinski definition) is 0. The number of rotatable bonds is 4. The first-order valence-corrected chi connectivity index (χ1v) is 20.1. The minimum Gasteiger partial charge on any atom is -0.497 e. The van der Waals surface area contributed by atoms with Gasteiger partial charge in [-0.2, -0.15) is 0 Å². The second-order valence-electron chi connectivity index (χ2n) is 15.8. The van der Waals surface area contributed by atoms with E-state index in [1.165, 1.54) is 44.5 Å². The Morgan fingerprint density at radius 2 is 0.967 bits per heavy atom. The van der Waals surface area contributed by atoms with Crippen molar-refractivity contribution in [2.24, 2.45) is 0 Å². The van der Waals surface area contributed by atoms with Gasteiger partial charge < -0.3 is 13.5 Å². The number of nitrogens with zero attached hydrogens (tertiary/aromatic N) is 4. The van der Waals surface area contributed by atoms with E-state index in [0.29, 0.717) is 11.5 Å². The minimum absolute atomic E-state index is 0. The molecule has 0 radical (unpaired) electrons. The zero-order chi connectivity index (χ0) is 39.5. The molecule has 12 aromatic rings. The van der Waals surface area contributed by atoms with E-state index in [1.807, 2.05) is 24.3 Å². The van der Waals surface area contributed by atoms with Crippen molar-refractivity contribution < 1.29 is 25.2 Å². The predicted octanol–water partition coefficient (Wildman–Crippen LogP) is 13.9. The Balaban J connectivity index is 0.00000408. The molecule has 0 N–H and O–H groups in total. The van der Waals surface area contributed by atoms with Crippen molar-refractivity contribution in [3.8, 4) is 33.8 Å². The van der Waals surface area contributed by atoms with Gasteiger partial charge in [-0.15, -0.1) is 12.1 Å². The fourth-order valence-electron chi connectivity index (χ4n) is 9.66. The van der Waals surface area contributed by atoms with E-state index in [2.05, 4.69) is 170 Å². The van der Waals surface area contributed by atoms with Crippen LogP contribution in [0.4, 0.5) is 0 Å². The van der Waals surface area contributed by atoms with E-state index in [4.69, 9.17) is 14.7 Å². The van der Waals surface area contributed by atoms with Gasteiger partial charge in [0.25, 0.3) is 0 Å². The molecular weight excluding hydrogens is 827 g/mol. The molecule has 60 heavy (non-hydrogen) atoms. The molecule has 0 aliphatic heterocycles. The first-order chi connectivity index (χ1) is 28.9. The van der Waals surface area contributed by atoms with Crippen LogP contribution in [0.25, 0.3) is 99.0 Å². The largest absolute Gasteiger partial charge is 2.00 e. The smallest absolute Gasteiger partial charge is 0.497 e. The van der Waals surface area contributed by atoms with Crippen LogP contribution in [-0.2, 0) is 20.4 Å². The number of aromatic nitrogens is 4. The van der Waals surface area contributed by atoms with Crippen LogP contribution < -0.4 is 4.74 Å². The molecule has 288 valence electrons. The van der Waals surface area contributed by atoms with Crippen LogP contribution >= 0.6 is 0 Å². The van der Waals surface area contributed by atoms with Crippen molar-refractivity contribution in [3.63, 3.8) is 0 Å². The van der Waals surface area contributed by atoms with Crippen molar-refractivity contribution >= 4 is 76.7 Å². The Morgan fingerprint density at radius 1 is 0.450 bits per heavy atom. The summed E-state index contributed by atoms with van der Waals surface area (Å²) in [6, 6.07) is 58.8. The summed E-state index contributed by atoms with van der Waals surface area (Å²) in [5.41, 5.74) is 17.8. The summed E-state index contributed by atoms with van der Waals surface area (Å²) < 4.78 is 11.3. The third-order valence-electron chi connectivity index (χ3n) is 12.2. The molecule has 0 saturated heterocycles. The monoisotopic (exact) mass is 862 g/mol. The number of imidazole rings is 2. The molecule has 0 aliphatic carbocycles. The molecule has 0 amide bonds. The molecule has 0 spiro atoms. The van der Waals surface area contributed by atoms with Gasteiger partial charge in [-0.1, -0.05) is 137 Å². The molecular formula is C54H36N4OPd. The molecule has 4 aromatic heterocycles. The zero-order valence-corrected chi connectivity index (χ0v) is 34.9. The van der Waals surface area contributed by atoms with Gasteiger partial charge in [-0.3, -0.25) is 9.97 Å². The van der Waals surface area contributed by atoms with Crippen LogP contribution in [0.1, 0.15) is 22.3 Å². The number of para-hydroxylation sites is 5. The molecule has 4 heterocycles. The number of pyridine rings is 2. The van der Waals surface area contributed by atoms with Gasteiger partial charge in [-0.25, -0.2) is 0 Å². The SMILES string of the molecule is Cc1cccc(C)c1-c1ccc2c3ccc(Oc4[c-]c5c(cc4)c4cccc(-c6c(C)cccc6C)c4n4c6ccccc6nc54)[c-]c3c3nc4ccccc4n3c2c1.[Pd+2]. The Bertz CT molecular complexity index is 3720. The number of aryl methyl sites for hydroxylation is 4. The van der Waals surface area contributed by atoms with E-state index in [1.54, 1.807) is 0 Å². The minimum atomic E-state index is 0. The first-order valence-electron chi connectivity index (χ1n) is 20.1. The molecule has 12 rings (SSSR count). The Hall–Kier alpha value is -6.84. The van der Waals surface area contributed by atoms with E-state index in [-0.39, 0.29) is 20.4 Å². The van der Waals surface area contributed by atoms with Crippen molar-refractivity contribution in [3.05, 3.63) is 180 Å². The number of ether oxygens (including phenoxy) is 1. The first kappa shape index (κ1) is 36.3. The van der Waals surface area contributed by atoms with E-state index >= 15 is 0 Å². The Labute approximate surface area is 360 Å². The number of fused-ring (bicyclic) bond motifs is 16. The van der Waals surface area contributed by atoms with Crippen molar-refractivity contribution in [1.82, 2.24) is 18.8 Å². The Morgan fingerprint density at radius 3 is 1.60 bits per heavy atom. The van der Waals surface area contributed by atoms with E-state index < -0.39 is 0 Å². The number of hydrogen-bond acceptors (Lipinski definition) is 3. The molecule has 0 atom stereocenters. The maximum absolute atomic E-state index is 6.71. The van der Waals surface area contributed by atoms with Crippen molar-refractivity contribution in [2.45, 2.75) is 27.7 Å². The summed E-state index contributed by atoms with van der Waals surface area (Å²) in [5, 5.41) is 6.21. The average Bonchev–Trinajstić information content (AvgIpc) is 3.84. The summed E-state index contributed by atoms with van der Waals surface area (Å²) in [4.78, 5) is 10.4. The fourth-order valence-corrected chi connectivity index (χ4v) is 9.66. The molecule has 0 bridgehead atoms. The second kappa shape index (κ2) is 13.6.